The molecule has 2 N–H and O–H groups in total. The highest BCUT2D eigenvalue weighted by molar-refractivity contribution is 5.28. The van der Waals surface area contributed by atoms with Gasteiger partial charge in [-0.25, -0.2) is 0 Å². The summed E-state index contributed by atoms with van der Waals surface area (Å²) in [4.78, 5) is 0. The lowest BCUT2D eigenvalue weighted by Crippen LogP contribution is -2.36. The Morgan fingerprint density at radius 2 is 1.73 bits per heavy atom. The lowest BCUT2D eigenvalue weighted by molar-refractivity contribution is 0.369. The molecule has 0 aromatic heterocycles. The second-order valence-electron chi connectivity index (χ2n) is 4.53. The van der Waals surface area contributed by atoms with Crippen LogP contribution in [-0.4, -0.2) is 0 Å². The first-order valence-corrected chi connectivity index (χ1v) is 5.98. The van der Waals surface area contributed by atoms with Crippen LogP contribution in [0.5, 0.6) is 0 Å². The Bertz CT molecular complexity index is 298. The fourth-order valence-electron chi connectivity index (χ4n) is 2.26. The van der Waals surface area contributed by atoms with Gasteiger partial charge in [-0.15, -0.1) is 0 Å². The minimum Gasteiger partial charge on any atom is -0.321 e. The molecule has 0 spiro atoms. The van der Waals surface area contributed by atoms with E-state index < -0.39 is 0 Å². The maximum Gasteiger partial charge on any atom is 0.0409 e. The van der Waals surface area contributed by atoms with Gasteiger partial charge in [0.15, 0.2) is 0 Å². The molecule has 0 amide bonds. The molecule has 0 saturated carbocycles. The Morgan fingerprint density at radius 3 is 2.20 bits per heavy atom. The third-order valence-corrected chi connectivity index (χ3v) is 2.99. The van der Waals surface area contributed by atoms with Crippen LogP contribution in [0.4, 0.5) is 0 Å². The molecule has 0 bridgehead atoms. The first-order chi connectivity index (χ1) is 7.12. The zero-order valence-electron chi connectivity index (χ0n) is 10.2. The molecule has 1 heteroatoms. The van der Waals surface area contributed by atoms with Gasteiger partial charge in [0.05, 0.1) is 0 Å². The van der Waals surface area contributed by atoms with E-state index >= 15 is 0 Å². The maximum absolute atomic E-state index is 6.51. The minimum atomic E-state index is -0.116. The summed E-state index contributed by atoms with van der Waals surface area (Å²) >= 11 is 0. The number of aryl methyl sites for hydroxylation is 1. The molecule has 15 heavy (non-hydrogen) atoms. The van der Waals surface area contributed by atoms with Crippen LogP contribution in [0.1, 0.15) is 50.7 Å². The van der Waals surface area contributed by atoms with Gasteiger partial charge in [-0.05, 0) is 25.3 Å². The second kappa shape index (κ2) is 5.32. The van der Waals surface area contributed by atoms with Crippen molar-refractivity contribution in [2.45, 2.75) is 52.0 Å². The van der Waals surface area contributed by atoms with Gasteiger partial charge in [-0.2, -0.15) is 0 Å². The first kappa shape index (κ1) is 12.3. The van der Waals surface area contributed by atoms with Crippen molar-refractivity contribution in [2.75, 3.05) is 0 Å². The minimum absolute atomic E-state index is 0.116. The smallest absolute Gasteiger partial charge is 0.0409 e. The Kier molecular flexibility index (Phi) is 4.34. The predicted molar refractivity (Wildman–Crippen MR) is 66.9 cm³/mol. The molecule has 0 saturated heterocycles. The number of benzene rings is 1. The van der Waals surface area contributed by atoms with E-state index in [9.17, 15) is 0 Å². The summed E-state index contributed by atoms with van der Waals surface area (Å²) in [7, 11) is 0. The molecule has 0 atom stereocenters. The summed E-state index contributed by atoms with van der Waals surface area (Å²) in [5, 5.41) is 0. The van der Waals surface area contributed by atoms with Crippen molar-refractivity contribution in [3.63, 3.8) is 0 Å². The monoisotopic (exact) mass is 205 g/mol. The molecule has 1 aromatic carbocycles. The van der Waals surface area contributed by atoms with E-state index in [-0.39, 0.29) is 5.54 Å². The van der Waals surface area contributed by atoms with Gasteiger partial charge in [-0.1, -0.05) is 56.5 Å². The number of hydrogen-bond donors (Lipinski definition) is 1. The van der Waals surface area contributed by atoms with Gasteiger partial charge in [-0.3, -0.25) is 0 Å². The van der Waals surface area contributed by atoms with Crippen LogP contribution in [0, 0.1) is 6.92 Å². The van der Waals surface area contributed by atoms with Crippen molar-refractivity contribution in [3.8, 4) is 0 Å². The average molecular weight is 205 g/mol. The van der Waals surface area contributed by atoms with Crippen LogP contribution in [0.15, 0.2) is 24.3 Å². The lowest BCUT2D eigenvalue weighted by Gasteiger charge is -2.30. The number of rotatable bonds is 5. The molecule has 0 aliphatic heterocycles. The molecule has 0 aliphatic carbocycles. The maximum atomic E-state index is 6.51. The van der Waals surface area contributed by atoms with Crippen LogP contribution >= 0.6 is 0 Å². The van der Waals surface area contributed by atoms with Crippen molar-refractivity contribution in [1.82, 2.24) is 0 Å². The van der Waals surface area contributed by atoms with Crippen LogP contribution in [0.25, 0.3) is 0 Å². The van der Waals surface area contributed by atoms with E-state index in [1.54, 1.807) is 0 Å². The summed E-state index contributed by atoms with van der Waals surface area (Å²) < 4.78 is 0. The molecule has 0 unspecified atom stereocenters. The molecule has 0 fully saturated rings. The summed E-state index contributed by atoms with van der Waals surface area (Å²) in [5.74, 6) is 0. The molecular weight excluding hydrogens is 182 g/mol. The van der Waals surface area contributed by atoms with Crippen molar-refractivity contribution in [2.24, 2.45) is 5.73 Å². The number of nitrogens with two attached hydrogens (primary N) is 1. The quantitative estimate of drug-likeness (QED) is 0.778. The Labute approximate surface area is 93.7 Å². The molecular formula is C14H23N. The van der Waals surface area contributed by atoms with Gasteiger partial charge in [0, 0.05) is 5.54 Å². The van der Waals surface area contributed by atoms with Crippen molar-refractivity contribution in [3.05, 3.63) is 35.4 Å². The molecule has 1 aromatic rings. The van der Waals surface area contributed by atoms with Crippen LogP contribution in [0.3, 0.4) is 0 Å². The fourth-order valence-corrected chi connectivity index (χ4v) is 2.26. The average Bonchev–Trinajstić information content (AvgIpc) is 2.18. The van der Waals surface area contributed by atoms with E-state index in [0.717, 1.165) is 25.7 Å². The Balaban J connectivity index is 2.97. The summed E-state index contributed by atoms with van der Waals surface area (Å²) in [6.07, 6.45) is 4.43. The molecule has 1 nitrogen and oxygen atoms in total. The molecule has 1 rings (SSSR count). The lowest BCUT2D eigenvalue weighted by atomic mass is 9.82. The zero-order chi connectivity index (χ0) is 11.3. The SMILES string of the molecule is CCCC(N)(CCC)c1cccc(C)c1. The van der Waals surface area contributed by atoms with Gasteiger partial charge < -0.3 is 5.73 Å². The summed E-state index contributed by atoms with van der Waals surface area (Å²) in [6.45, 7) is 6.53. The highest BCUT2D eigenvalue weighted by atomic mass is 14.7. The van der Waals surface area contributed by atoms with Gasteiger partial charge in [0.1, 0.15) is 0 Å². The molecule has 0 aliphatic rings. The van der Waals surface area contributed by atoms with Gasteiger partial charge in [0.25, 0.3) is 0 Å². The third-order valence-electron chi connectivity index (χ3n) is 2.99. The van der Waals surface area contributed by atoms with Crippen molar-refractivity contribution >= 4 is 0 Å². The largest absolute Gasteiger partial charge is 0.321 e. The molecule has 0 heterocycles. The van der Waals surface area contributed by atoms with Crippen LogP contribution in [-0.2, 0) is 5.54 Å². The summed E-state index contributed by atoms with van der Waals surface area (Å²) in [6, 6.07) is 8.63. The van der Waals surface area contributed by atoms with E-state index in [1.165, 1.54) is 11.1 Å². The van der Waals surface area contributed by atoms with Gasteiger partial charge >= 0.3 is 0 Å². The van der Waals surface area contributed by atoms with Crippen molar-refractivity contribution < 1.29 is 0 Å². The van der Waals surface area contributed by atoms with E-state index in [1.807, 2.05) is 0 Å². The van der Waals surface area contributed by atoms with Crippen LogP contribution in [0.2, 0.25) is 0 Å². The zero-order valence-corrected chi connectivity index (χ0v) is 10.2. The van der Waals surface area contributed by atoms with E-state index in [2.05, 4.69) is 45.0 Å². The first-order valence-electron chi connectivity index (χ1n) is 5.98. The Hall–Kier alpha value is -0.820. The second-order valence-corrected chi connectivity index (χ2v) is 4.53. The number of hydrogen-bond acceptors (Lipinski definition) is 1. The van der Waals surface area contributed by atoms with Gasteiger partial charge in [0.2, 0.25) is 0 Å². The van der Waals surface area contributed by atoms with Crippen LogP contribution < -0.4 is 5.73 Å². The van der Waals surface area contributed by atoms with E-state index in [0.29, 0.717) is 0 Å². The summed E-state index contributed by atoms with van der Waals surface area (Å²) in [5.41, 5.74) is 8.99. The normalized spacial score (nSPS) is 11.7. The molecule has 84 valence electrons. The predicted octanol–water partition coefficient (Wildman–Crippen LogP) is 3.75. The Morgan fingerprint density at radius 1 is 1.13 bits per heavy atom. The third kappa shape index (κ3) is 3.07. The fraction of sp³-hybridized carbons (Fsp3) is 0.571. The topological polar surface area (TPSA) is 26.0 Å². The molecule has 0 radical (unpaired) electrons. The highest BCUT2D eigenvalue weighted by Gasteiger charge is 2.24. The standard InChI is InChI=1S/C14H23N/c1-4-9-14(15,10-5-2)13-8-6-7-12(3)11-13/h6-8,11H,4-5,9-10,15H2,1-3H3. The van der Waals surface area contributed by atoms with E-state index in [4.69, 9.17) is 5.73 Å². The van der Waals surface area contributed by atoms with Crippen molar-refractivity contribution in [1.29, 1.82) is 0 Å². The highest BCUT2D eigenvalue weighted by Crippen LogP contribution is 2.29.